The van der Waals surface area contributed by atoms with Crippen LogP contribution in [0.15, 0.2) is 54.9 Å². The van der Waals surface area contributed by atoms with Crippen molar-refractivity contribution in [3.8, 4) is 28.6 Å². The van der Waals surface area contributed by atoms with Crippen molar-refractivity contribution in [3.05, 3.63) is 76.0 Å². The van der Waals surface area contributed by atoms with E-state index in [1.165, 1.54) is 12.1 Å². The number of amides is 1. The average molecular weight is 976 g/mol. The van der Waals surface area contributed by atoms with Crippen molar-refractivity contribution in [2.24, 2.45) is 0 Å². The van der Waals surface area contributed by atoms with Gasteiger partial charge in [-0.15, -0.1) is 13.2 Å². The number of alkyl halides is 10. The maximum atomic E-state index is 14.9. The molecule has 3 aromatic rings. The first kappa shape index (κ1) is 50.2. The van der Waals surface area contributed by atoms with Gasteiger partial charge in [0.15, 0.2) is 12.5 Å². The van der Waals surface area contributed by atoms with Crippen molar-refractivity contribution in [2.75, 3.05) is 6.73 Å². The summed E-state index contributed by atoms with van der Waals surface area (Å²) >= 11 is 12.3. The summed E-state index contributed by atoms with van der Waals surface area (Å²) in [5.74, 6) is -4.25. The highest BCUT2D eigenvalue weighted by molar-refractivity contribution is 6.34. The molecule has 2 aliphatic carbocycles. The van der Waals surface area contributed by atoms with E-state index in [0.29, 0.717) is 4.68 Å². The second kappa shape index (κ2) is 18.6. The number of hydrogen-bond donors (Lipinski definition) is 0. The topological polar surface area (TPSA) is 159 Å². The normalized spacial score (nSPS) is 17.8. The highest BCUT2D eigenvalue weighted by atomic mass is 35.5. The molecule has 0 spiro atoms. The van der Waals surface area contributed by atoms with E-state index >= 15 is 0 Å². The van der Waals surface area contributed by atoms with Crippen molar-refractivity contribution < 1.29 is 86.8 Å². The van der Waals surface area contributed by atoms with E-state index in [1.54, 1.807) is 20.8 Å². The molecule has 0 saturated heterocycles. The van der Waals surface area contributed by atoms with E-state index in [4.69, 9.17) is 42.1 Å². The molecule has 25 heteroatoms. The number of ether oxygens (including phenoxy) is 5. The van der Waals surface area contributed by atoms with E-state index in [0.717, 1.165) is 35.5 Å². The largest absolute Gasteiger partial charge is 0.573 e. The number of carbonyl (C=O) groups is 4. The predicted molar refractivity (Wildman–Crippen MR) is 204 cm³/mol. The Morgan fingerprint density at radius 2 is 1.43 bits per heavy atom. The summed E-state index contributed by atoms with van der Waals surface area (Å²) in [7, 11) is 0. The maximum absolute atomic E-state index is 14.9. The molecule has 2 aromatic carbocycles. The summed E-state index contributed by atoms with van der Waals surface area (Å²) in [6.45, 7) is 4.16. The lowest BCUT2D eigenvalue weighted by atomic mass is 9.93. The Hall–Kier alpha value is -5.76. The Balaban J connectivity index is 1.30. The van der Waals surface area contributed by atoms with Gasteiger partial charge in [0.1, 0.15) is 29.0 Å². The standard InChI is InChI=1S/C40H34Cl2F10N4O9/c1-35(2,3)65-31(58)11-10-30(57)62-24-5-7-25(8-6-24)63-34(60)61-20-55(36(19-53)12-13-36)33(59)26-14-21(4-9-27(26)41)22-17-54-56(18-22)32-28(42)15-23(16-29(32)64-40(50,51)52)37(43,38(44,45)46)39(47,48)49/h4,9-11,14-18,24-25H,5-8,12-13,20H2,1-3H3/b11-10+/t24-,25-. The number of carbonyl (C=O) groups excluding carboxylic acids is 4. The minimum atomic E-state index is -6.71. The smallest absolute Gasteiger partial charge is 0.459 e. The minimum Gasteiger partial charge on any atom is -0.459 e. The Labute approximate surface area is 371 Å². The maximum Gasteiger partial charge on any atom is 0.573 e. The Kier molecular flexibility index (Phi) is 14.4. The fourth-order valence-electron chi connectivity index (χ4n) is 6.46. The van der Waals surface area contributed by atoms with E-state index in [9.17, 15) is 68.3 Å². The van der Waals surface area contributed by atoms with Gasteiger partial charge in [0, 0.05) is 29.5 Å². The fourth-order valence-corrected chi connectivity index (χ4v) is 6.96. The van der Waals surface area contributed by atoms with Gasteiger partial charge in [-0.1, -0.05) is 29.3 Å². The molecule has 0 unspecified atom stereocenters. The van der Waals surface area contributed by atoms with Gasteiger partial charge in [-0.05, 0) is 89.1 Å². The number of hydrogen-bond acceptors (Lipinski definition) is 11. The zero-order valence-electron chi connectivity index (χ0n) is 33.8. The van der Waals surface area contributed by atoms with Gasteiger partial charge in [-0.25, -0.2) is 23.5 Å². The molecule has 2 fully saturated rings. The molecule has 0 N–H and O–H groups in total. The lowest BCUT2D eigenvalue weighted by Gasteiger charge is -2.31. The summed E-state index contributed by atoms with van der Waals surface area (Å²) in [4.78, 5) is 51.7. The summed E-state index contributed by atoms with van der Waals surface area (Å²) in [6, 6.07) is 4.97. The van der Waals surface area contributed by atoms with Gasteiger partial charge in [0.2, 0.25) is 0 Å². The van der Waals surface area contributed by atoms with Gasteiger partial charge in [-0.2, -0.15) is 36.7 Å². The second-order valence-corrected chi connectivity index (χ2v) is 16.4. The molecule has 0 aliphatic heterocycles. The predicted octanol–water partition coefficient (Wildman–Crippen LogP) is 10.4. The van der Waals surface area contributed by atoms with Crippen molar-refractivity contribution >= 4 is 47.2 Å². The summed E-state index contributed by atoms with van der Waals surface area (Å²) in [6.07, 6.45) is -16.5. The number of halogens is 12. The SMILES string of the molecule is CC(C)(C)OC(=O)/C=C/C(=O)O[C@H]1CC[C@H](OC(=O)OCN(C(=O)c2cc(-c3cnn(-c4c(Cl)cc(C(F)(C(F)(F)F)C(F)(F)F)cc4OC(F)(F)F)c3)ccc2Cl)C2(C#N)CC2)CC1. The van der Waals surface area contributed by atoms with Crippen LogP contribution in [-0.4, -0.2) is 87.5 Å². The summed E-state index contributed by atoms with van der Waals surface area (Å²) in [5, 5.41) is 12.3. The molecule has 0 bridgehead atoms. The van der Waals surface area contributed by atoms with E-state index in [1.807, 2.05) is 6.07 Å². The molecule has 5 rings (SSSR count). The molecule has 0 atom stereocenters. The van der Waals surface area contributed by atoms with Gasteiger partial charge < -0.3 is 23.7 Å². The fraction of sp³-hybridized carbons (Fsp3) is 0.450. The monoisotopic (exact) mass is 974 g/mol. The third kappa shape index (κ3) is 11.9. The zero-order chi connectivity index (χ0) is 48.5. The average Bonchev–Trinajstić information content (AvgIpc) is 3.82. The van der Waals surface area contributed by atoms with Crippen LogP contribution < -0.4 is 4.74 Å². The van der Waals surface area contributed by atoms with E-state index in [-0.39, 0.29) is 66.3 Å². The second-order valence-electron chi connectivity index (χ2n) is 15.6. The molecule has 2 aliphatic rings. The molecule has 1 aromatic heterocycles. The van der Waals surface area contributed by atoms with Gasteiger partial charge in [0.25, 0.3) is 5.91 Å². The first-order valence-corrected chi connectivity index (χ1v) is 19.7. The molecule has 1 amide bonds. The summed E-state index contributed by atoms with van der Waals surface area (Å²) < 4.78 is 161. The molecule has 2 saturated carbocycles. The van der Waals surface area contributed by atoms with Crippen LogP contribution in [0.25, 0.3) is 16.8 Å². The van der Waals surface area contributed by atoms with Gasteiger partial charge >= 0.3 is 42.5 Å². The van der Waals surface area contributed by atoms with Crippen LogP contribution in [0, 0.1) is 11.3 Å². The number of nitriles is 1. The van der Waals surface area contributed by atoms with Crippen LogP contribution in [0.5, 0.6) is 5.75 Å². The lowest BCUT2D eigenvalue weighted by molar-refractivity contribution is -0.348. The van der Waals surface area contributed by atoms with Crippen LogP contribution in [0.4, 0.5) is 48.7 Å². The van der Waals surface area contributed by atoms with Crippen molar-refractivity contribution in [1.82, 2.24) is 14.7 Å². The van der Waals surface area contributed by atoms with Gasteiger partial charge in [0.05, 0.1) is 27.9 Å². The molecular formula is C40H34Cl2F10N4O9. The number of benzene rings is 2. The minimum absolute atomic E-state index is 0.0365. The number of rotatable bonds is 12. The third-order valence-corrected chi connectivity index (χ3v) is 10.3. The molecule has 65 heavy (non-hydrogen) atoms. The van der Waals surface area contributed by atoms with Crippen molar-refractivity contribution in [1.29, 1.82) is 5.26 Å². The summed E-state index contributed by atoms with van der Waals surface area (Å²) in [5.41, 5.74) is -12.1. The molecule has 0 radical (unpaired) electrons. The Bertz CT molecular complexity index is 2360. The molecule has 13 nitrogen and oxygen atoms in total. The Morgan fingerprint density at radius 1 is 0.846 bits per heavy atom. The molecule has 1 heterocycles. The molecular weight excluding hydrogens is 941 g/mol. The van der Waals surface area contributed by atoms with Crippen LogP contribution >= 0.6 is 23.2 Å². The number of nitrogens with zero attached hydrogens (tertiary/aromatic N) is 4. The van der Waals surface area contributed by atoms with E-state index < -0.39 is 107 Å². The highest BCUT2D eigenvalue weighted by Gasteiger charge is 2.73. The lowest BCUT2D eigenvalue weighted by Crippen LogP contribution is -2.50. The quantitative estimate of drug-likeness (QED) is 0.0559. The van der Waals surface area contributed by atoms with E-state index in [2.05, 4.69) is 9.84 Å². The van der Waals surface area contributed by atoms with Crippen LogP contribution in [0.3, 0.4) is 0 Å². The van der Waals surface area contributed by atoms with Crippen molar-refractivity contribution in [3.63, 3.8) is 0 Å². The third-order valence-electron chi connectivity index (χ3n) is 9.71. The van der Waals surface area contributed by atoms with Gasteiger partial charge in [-0.3, -0.25) is 9.69 Å². The van der Waals surface area contributed by atoms with Crippen molar-refractivity contribution in [2.45, 2.75) is 107 Å². The number of esters is 2. The van der Waals surface area contributed by atoms with Crippen LogP contribution in [0.2, 0.25) is 10.0 Å². The molecule has 352 valence electrons. The zero-order valence-corrected chi connectivity index (χ0v) is 35.3. The highest BCUT2D eigenvalue weighted by Crippen LogP contribution is 2.55. The van der Waals surface area contributed by atoms with Crippen LogP contribution in [-0.2, 0) is 34.2 Å². The van der Waals surface area contributed by atoms with Crippen LogP contribution in [0.1, 0.15) is 75.2 Å². The first-order valence-electron chi connectivity index (χ1n) is 18.9. The number of aromatic nitrogens is 2. The Morgan fingerprint density at radius 3 is 1.97 bits per heavy atom. The first-order chi connectivity index (χ1) is 30.0.